The predicted molar refractivity (Wildman–Crippen MR) is 96.9 cm³/mol. The molecule has 0 spiro atoms. The van der Waals surface area contributed by atoms with Crippen LogP contribution in [0.25, 0.3) is 0 Å². The molecular formula is C19H21N3O3. The van der Waals surface area contributed by atoms with Crippen LogP contribution in [-0.2, 0) is 4.79 Å². The van der Waals surface area contributed by atoms with Crippen molar-refractivity contribution in [3.05, 3.63) is 54.6 Å². The largest absolute Gasteiger partial charge is 0.497 e. The number of methoxy groups -OCH3 is 1. The summed E-state index contributed by atoms with van der Waals surface area (Å²) in [5.74, 6) is 0.868. The zero-order valence-corrected chi connectivity index (χ0v) is 14.1. The first-order chi connectivity index (χ1) is 12.2. The number of ether oxygens (including phenoxy) is 1. The number of rotatable bonds is 5. The van der Waals surface area contributed by atoms with Gasteiger partial charge < -0.3 is 20.3 Å². The minimum absolute atomic E-state index is 0.0891. The van der Waals surface area contributed by atoms with Crippen molar-refractivity contribution in [1.82, 2.24) is 5.32 Å². The highest BCUT2D eigenvalue weighted by Gasteiger charge is 2.30. The lowest BCUT2D eigenvalue weighted by molar-refractivity contribution is -0.117. The molecule has 3 amide bonds. The van der Waals surface area contributed by atoms with E-state index in [1.807, 2.05) is 42.5 Å². The number of benzene rings is 2. The van der Waals surface area contributed by atoms with Gasteiger partial charge in [0.25, 0.3) is 0 Å². The second-order valence-corrected chi connectivity index (χ2v) is 5.98. The second-order valence-electron chi connectivity index (χ2n) is 5.98. The molecule has 6 heteroatoms. The van der Waals surface area contributed by atoms with E-state index in [0.29, 0.717) is 30.9 Å². The van der Waals surface area contributed by atoms with Crippen LogP contribution in [-0.4, -0.2) is 32.1 Å². The number of anilines is 2. The summed E-state index contributed by atoms with van der Waals surface area (Å²) in [6, 6.07) is 16.4. The fourth-order valence-electron chi connectivity index (χ4n) is 2.89. The van der Waals surface area contributed by atoms with Crippen LogP contribution in [0.3, 0.4) is 0 Å². The van der Waals surface area contributed by atoms with Gasteiger partial charge in [-0.1, -0.05) is 24.3 Å². The maximum absolute atomic E-state index is 12.2. The Hall–Kier alpha value is -3.02. The van der Waals surface area contributed by atoms with E-state index in [-0.39, 0.29) is 17.9 Å². The molecule has 0 aromatic heterocycles. The molecule has 0 radical (unpaired) electrons. The number of carbonyl (C=O) groups excluding carboxylic acids is 2. The first kappa shape index (κ1) is 16.8. The maximum Gasteiger partial charge on any atom is 0.319 e. The average molecular weight is 339 g/mol. The third-order valence-corrected chi connectivity index (χ3v) is 4.15. The van der Waals surface area contributed by atoms with E-state index in [9.17, 15) is 9.59 Å². The Morgan fingerprint density at radius 2 is 2.00 bits per heavy atom. The Morgan fingerprint density at radius 1 is 1.20 bits per heavy atom. The van der Waals surface area contributed by atoms with Gasteiger partial charge in [-0.05, 0) is 24.3 Å². The van der Waals surface area contributed by atoms with Gasteiger partial charge in [-0.25, -0.2) is 4.79 Å². The van der Waals surface area contributed by atoms with Crippen LogP contribution in [0, 0.1) is 5.92 Å². The molecule has 2 aromatic carbocycles. The molecule has 0 unspecified atom stereocenters. The van der Waals surface area contributed by atoms with E-state index in [1.165, 1.54) is 0 Å². The Kier molecular flexibility index (Phi) is 5.18. The van der Waals surface area contributed by atoms with E-state index < -0.39 is 0 Å². The van der Waals surface area contributed by atoms with Crippen molar-refractivity contribution in [3.8, 4) is 5.75 Å². The van der Waals surface area contributed by atoms with Crippen molar-refractivity contribution in [2.45, 2.75) is 6.42 Å². The Balaban J connectivity index is 1.50. The molecule has 25 heavy (non-hydrogen) atoms. The number of hydrogen-bond donors (Lipinski definition) is 2. The fraction of sp³-hybridized carbons (Fsp3) is 0.263. The van der Waals surface area contributed by atoms with Crippen molar-refractivity contribution in [1.29, 1.82) is 0 Å². The maximum atomic E-state index is 12.2. The molecule has 2 aromatic rings. The highest BCUT2D eigenvalue weighted by atomic mass is 16.5. The molecule has 3 rings (SSSR count). The molecule has 1 heterocycles. The van der Waals surface area contributed by atoms with Crippen LogP contribution < -0.4 is 20.3 Å². The third kappa shape index (κ3) is 4.29. The standard InChI is InChI=1S/C19H21N3O3/c1-25-17-9-5-6-15(11-17)21-19(24)20-12-14-10-18(23)22(13-14)16-7-3-2-4-8-16/h2-9,11,14H,10,12-13H2,1H3,(H2,20,21,24)/t14-/m0/s1. The molecule has 0 bridgehead atoms. The number of nitrogens with one attached hydrogen (secondary N) is 2. The van der Waals surface area contributed by atoms with Gasteiger partial charge in [0, 0.05) is 42.9 Å². The van der Waals surface area contributed by atoms with E-state index >= 15 is 0 Å². The zero-order chi connectivity index (χ0) is 17.6. The lowest BCUT2D eigenvalue weighted by Crippen LogP contribution is -2.34. The van der Waals surface area contributed by atoms with Crippen LogP contribution in [0.4, 0.5) is 16.2 Å². The van der Waals surface area contributed by atoms with Gasteiger partial charge in [-0.2, -0.15) is 0 Å². The quantitative estimate of drug-likeness (QED) is 0.880. The summed E-state index contributed by atoms with van der Waals surface area (Å²) >= 11 is 0. The van der Waals surface area contributed by atoms with Crippen LogP contribution in [0.5, 0.6) is 5.75 Å². The van der Waals surface area contributed by atoms with Crippen LogP contribution in [0.15, 0.2) is 54.6 Å². The average Bonchev–Trinajstić information content (AvgIpc) is 3.01. The molecule has 2 N–H and O–H groups in total. The summed E-state index contributed by atoms with van der Waals surface area (Å²) in [5.41, 5.74) is 1.56. The molecule has 1 aliphatic rings. The second kappa shape index (κ2) is 7.70. The predicted octanol–water partition coefficient (Wildman–Crippen LogP) is 2.87. The Bertz CT molecular complexity index is 749. The first-order valence-electron chi connectivity index (χ1n) is 8.20. The lowest BCUT2D eigenvalue weighted by Gasteiger charge is -2.17. The number of carbonyl (C=O) groups is 2. The van der Waals surface area contributed by atoms with Gasteiger partial charge in [0.2, 0.25) is 5.91 Å². The molecule has 130 valence electrons. The molecule has 1 fully saturated rings. The molecule has 1 saturated heterocycles. The SMILES string of the molecule is COc1cccc(NC(=O)NC[C@@H]2CC(=O)N(c3ccccc3)C2)c1. The summed E-state index contributed by atoms with van der Waals surface area (Å²) in [5, 5.41) is 5.60. The zero-order valence-electron chi connectivity index (χ0n) is 14.1. The van der Waals surface area contributed by atoms with Crippen molar-refractivity contribution in [3.63, 3.8) is 0 Å². The number of urea groups is 1. The highest BCUT2D eigenvalue weighted by molar-refractivity contribution is 5.96. The summed E-state index contributed by atoms with van der Waals surface area (Å²) in [4.78, 5) is 26.0. The van der Waals surface area contributed by atoms with E-state index in [2.05, 4.69) is 10.6 Å². The van der Waals surface area contributed by atoms with E-state index in [4.69, 9.17) is 4.74 Å². The Labute approximate surface area is 146 Å². The molecule has 0 aliphatic carbocycles. The van der Waals surface area contributed by atoms with Gasteiger partial charge in [-0.15, -0.1) is 0 Å². The van der Waals surface area contributed by atoms with Crippen LogP contribution in [0.1, 0.15) is 6.42 Å². The topological polar surface area (TPSA) is 70.7 Å². The number of amides is 3. The summed E-state index contributed by atoms with van der Waals surface area (Å²) in [6.07, 6.45) is 0.439. The van der Waals surface area contributed by atoms with Gasteiger partial charge in [0.05, 0.1) is 7.11 Å². The van der Waals surface area contributed by atoms with Gasteiger partial charge in [0.1, 0.15) is 5.75 Å². The minimum atomic E-state index is -0.293. The number of hydrogen-bond acceptors (Lipinski definition) is 3. The normalized spacial score (nSPS) is 16.6. The fourth-order valence-corrected chi connectivity index (χ4v) is 2.89. The van der Waals surface area contributed by atoms with Crippen LogP contribution in [0.2, 0.25) is 0 Å². The minimum Gasteiger partial charge on any atom is -0.497 e. The van der Waals surface area contributed by atoms with Crippen molar-refractivity contribution >= 4 is 23.3 Å². The Morgan fingerprint density at radius 3 is 2.76 bits per heavy atom. The molecule has 0 saturated carbocycles. The molecular weight excluding hydrogens is 318 g/mol. The number of nitrogens with zero attached hydrogens (tertiary/aromatic N) is 1. The monoisotopic (exact) mass is 339 g/mol. The molecule has 1 atom stereocenters. The molecule has 1 aliphatic heterocycles. The van der Waals surface area contributed by atoms with Gasteiger partial charge >= 0.3 is 6.03 Å². The molecule has 6 nitrogen and oxygen atoms in total. The highest BCUT2D eigenvalue weighted by Crippen LogP contribution is 2.24. The summed E-state index contributed by atoms with van der Waals surface area (Å²) < 4.78 is 5.13. The summed E-state index contributed by atoms with van der Waals surface area (Å²) in [7, 11) is 1.58. The van der Waals surface area contributed by atoms with Crippen molar-refractivity contribution < 1.29 is 14.3 Å². The summed E-state index contributed by atoms with van der Waals surface area (Å²) in [6.45, 7) is 1.06. The van der Waals surface area contributed by atoms with Gasteiger partial charge in [0.15, 0.2) is 0 Å². The lowest BCUT2D eigenvalue weighted by atomic mass is 10.1. The van der Waals surface area contributed by atoms with E-state index in [1.54, 1.807) is 24.1 Å². The number of para-hydroxylation sites is 1. The van der Waals surface area contributed by atoms with Crippen molar-refractivity contribution in [2.75, 3.05) is 30.4 Å². The van der Waals surface area contributed by atoms with Crippen molar-refractivity contribution in [2.24, 2.45) is 5.92 Å². The van der Waals surface area contributed by atoms with E-state index in [0.717, 1.165) is 5.69 Å². The first-order valence-corrected chi connectivity index (χ1v) is 8.20. The smallest absolute Gasteiger partial charge is 0.319 e. The van der Waals surface area contributed by atoms with Crippen LogP contribution >= 0.6 is 0 Å². The third-order valence-electron chi connectivity index (χ3n) is 4.15. The van der Waals surface area contributed by atoms with Gasteiger partial charge in [-0.3, -0.25) is 4.79 Å².